The monoisotopic (exact) mass is 246 g/mol. The predicted molar refractivity (Wildman–Crippen MR) is 77.7 cm³/mol. The van der Waals surface area contributed by atoms with Crippen LogP contribution in [0.15, 0.2) is 30.3 Å². The molecule has 2 rings (SSSR count). The van der Waals surface area contributed by atoms with E-state index in [1.807, 2.05) is 0 Å². The van der Waals surface area contributed by atoms with Crippen LogP contribution in [-0.2, 0) is 0 Å². The zero-order valence-electron chi connectivity index (χ0n) is 11.9. The molecule has 2 nitrogen and oxygen atoms in total. The van der Waals surface area contributed by atoms with Crippen molar-refractivity contribution in [2.45, 2.75) is 39.3 Å². The van der Waals surface area contributed by atoms with E-state index in [1.54, 1.807) is 0 Å². The van der Waals surface area contributed by atoms with Gasteiger partial charge in [0.2, 0.25) is 0 Å². The number of benzene rings is 1. The van der Waals surface area contributed by atoms with Gasteiger partial charge in [-0.3, -0.25) is 4.90 Å². The molecule has 1 aromatic rings. The van der Waals surface area contributed by atoms with Gasteiger partial charge in [-0.1, -0.05) is 37.3 Å². The molecule has 0 bridgehead atoms. The second-order valence-corrected chi connectivity index (χ2v) is 5.48. The van der Waals surface area contributed by atoms with Gasteiger partial charge in [-0.05, 0) is 44.8 Å². The van der Waals surface area contributed by atoms with Gasteiger partial charge in [0, 0.05) is 18.6 Å². The molecule has 0 radical (unpaired) electrons. The molecule has 0 amide bonds. The molecule has 1 saturated heterocycles. The first-order chi connectivity index (χ1) is 8.72. The molecule has 18 heavy (non-hydrogen) atoms. The third-order valence-corrected chi connectivity index (χ3v) is 4.32. The van der Waals surface area contributed by atoms with Gasteiger partial charge >= 0.3 is 0 Å². The number of hydrogen-bond acceptors (Lipinski definition) is 2. The van der Waals surface area contributed by atoms with Crippen molar-refractivity contribution in [1.82, 2.24) is 10.2 Å². The topological polar surface area (TPSA) is 15.3 Å². The van der Waals surface area contributed by atoms with Crippen LogP contribution >= 0.6 is 0 Å². The van der Waals surface area contributed by atoms with Crippen LogP contribution in [0.2, 0.25) is 0 Å². The van der Waals surface area contributed by atoms with Crippen molar-refractivity contribution in [1.29, 1.82) is 0 Å². The van der Waals surface area contributed by atoms with E-state index in [2.05, 4.69) is 61.3 Å². The van der Waals surface area contributed by atoms with E-state index >= 15 is 0 Å². The summed E-state index contributed by atoms with van der Waals surface area (Å²) in [6.07, 6.45) is 1.32. The van der Waals surface area contributed by atoms with Crippen molar-refractivity contribution in [3.63, 3.8) is 0 Å². The molecular formula is C16H26N2. The van der Waals surface area contributed by atoms with Crippen molar-refractivity contribution in [2.24, 2.45) is 5.92 Å². The molecule has 0 spiro atoms. The van der Waals surface area contributed by atoms with Crippen molar-refractivity contribution in [2.75, 3.05) is 19.6 Å². The summed E-state index contributed by atoms with van der Waals surface area (Å²) in [4.78, 5) is 2.62. The molecule has 2 heteroatoms. The highest BCUT2D eigenvalue weighted by Crippen LogP contribution is 2.28. The molecule has 1 fully saturated rings. The van der Waals surface area contributed by atoms with Crippen LogP contribution in [0.1, 0.15) is 38.8 Å². The number of nitrogens with one attached hydrogen (secondary N) is 1. The molecule has 3 atom stereocenters. The summed E-state index contributed by atoms with van der Waals surface area (Å²) in [7, 11) is 0. The maximum Gasteiger partial charge on any atom is 0.0320 e. The molecule has 1 aliphatic rings. The summed E-state index contributed by atoms with van der Waals surface area (Å²) in [5.41, 5.74) is 1.44. The van der Waals surface area contributed by atoms with E-state index in [-0.39, 0.29) is 0 Å². The third-order valence-electron chi connectivity index (χ3n) is 4.32. The molecule has 1 aromatic carbocycles. The Balaban J connectivity index is 1.92. The van der Waals surface area contributed by atoms with E-state index in [4.69, 9.17) is 0 Å². The fourth-order valence-electron chi connectivity index (χ4n) is 3.01. The van der Waals surface area contributed by atoms with Gasteiger partial charge in [-0.25, -0.2) is 0 Å². The zero-order chi connectivity index (χ0) is 13.0. The predicted octanol–water partition coefficient (Wildman–Crippen LogP) is 3.07. The molecule has 2 unspecified atom stereocenters. The van der Waals surface area contributed by atoms with Gasteiger partial charge in [0.05, 0.1) is 0 Å². The minimum Gasteiger partial charge on any atom is -0.314 e. The Bertz CT molecular complexity index is 349. The Kier molecular flexibility index (Phi) is 4.79. The highest BCUT2D eigenvalue weighted by molar-refractivity contribution is 5.18. The van der Waals surface area contributed by atoms with Crippen molar-refractivity contribution in [3.05, 3.63) is 35.9 Å². The highest BCUT2D eigenvalue weighted by atomic mass is 15.2. The number of likely N-dealkylation sites (tertiary alicyclic amines) is 1. The summed E-state index contributed by atoms with van der Waals surface area (Å²) < 4.78 is 0. The fourth-order valence-corrected chi connectivity index (χ4v) is 3.01. The van der Waals surface area contributed by atoms with Crippen LogP contribution in [0.3, 0.4) is 0 Å². The minimum atomic E-state index is 0.546. The normalized spacial score (nSPS) is 24.1. The van der Waals surface area contributed by atoms with Gasteiger partial charge < -0.3 is 5.32 Å². The maximum atomic E-state index is 3.56. The molecule has 1 aliphatic heterocycles. The highest BCUT2D eigenvalue weighted by Gasteiger charge is 2.29. The first-order valence-electron chi connectivity index (χ1n) is 7.24. The molecule has 1 heterocycles. The summed E-state index contributed by atoms with van der Waals surface area (Å²) in [5, 5.41) is 3.56. The van der Waals surface area contributed by atoms with Crippen LogP contribution < -0.4 is 5.32 Å². The number of hydrogen-bond donors (Lipinski definition) is 1. The Labute approximate surface area is 111 Å². The van der Waals surface area contributed by atoms with Crippen LogP contribution in [0, 0.1) is 5.92 Å². The van der Waals surface area contributed by atoms with E-state index in [0.29, 0.717) is 12.1 Å². The van der Waals surface area contributed by atoms with Crippen LogP contribution in [0.4, 0.5) is 0 Å². The average Bonchev–Trinajstić information content (AvgIpc) is 2.89. The van der Waals surface area contributed by atoms with Gasteiger partial charge in [-0.15, -0.1) is 0 Å². The summed E-state index contributed by atoms with van der Waals surface area (Å²) in [6.45, 7) is 10.4. The minimum absolute atomic E-state index is 0.546. The van der Waals surface area contributed by atoms with E-state index in [9.17, 15) is 0 Å². The molecule has 100 valence electrons. The molecule has 0 saturated carbocycles. The maximum absolute atomic E-state index is 3.56. The van der Waals surface area contributed by atoms with Crippen molar-refractivity contribution < 1.29 is 0 Å². The van der Waals surface area contributed by atoms with Gasteiger partial charge in [0.15, 0.2) is 0 Å². The average molecular weight is 246 g/mol. The Hall–Kier alpha value is -0.860. The second kappa shape index (κ2) is 6.35. The summed E-state index contributed by atoms with van der Waals surface area (Å²) in [5.74, 6) is 0.802. The fraction of sp³-hybridized carbons (Fsp3) is 0.625. The Morgan fingerprint density at radius 3 is 2.67 bits per heavy atom. The van der Waals surface area contributed by atoms with Crippen LogP contribution in [-0.4, -0.2) is 30.6 Å². The van der Waals surface area contributed by atoms with Gasteiger partial charge in [0.1, 0.15) is 0 Å². The van der Waals surface area contributed by atoms with Gasteiger partial charge in [-0.2, -0.15) is 0 Å². The number of rotatable bonds is 5. The van der Waals surface area contributed by atoms with E-state index < -0.39 is 0 Å². The van der Waals surface area contributed by atoms with Crippen LogP contribution in [0.25, 0.3) is 0 Å². The lowest BCUT2D eigenvalue weighted by atomic mass is 10.0. The number of nitrogens with zero attached hydrogens (tertiary/aromatic N) is 1. The van der Waals surface area contributed by atoms with Crippen molar-refractivity contribution >= 4 is 0 Å². The second-order valence-electron chi connectivity index (χ2n) is 5.48. The lowest BCUT2D eigenvalue weighted by molar-refractivity contribution is 0.243. The van der Waals surface area contributed by atoms with Crippen molar-refractivity contribution in [3.8, 4) is 0 Å². The largest absolute Gasteiger partial charge is 0.314 e. The standard InChI is InChI=1S/C16H26N2/c1-4-17-13(2)16-10-11-18(12-16)14(3)15-8-6-5-7-9-15/h5-9,13-14,16-17H,4,10-12H2,1-3H3/t13?,14-,16?/m0/s1. The molecule has 0 aliphatic carbocycles. The molecule has 1 N–H and O–H groups in total. The summed E-state index contributed by atoms with van der Waals surface area (Å²) in [6, 6.07) is 12.0. The zero-order valence-corrected chi connectivity index (χ0v) is 11.9. The third kappa shape index (κ3) is 3.12. The Morgan fingerprint density at radius 2 is 2.00 bits per heavy atom. The smallest absolute Gasteiger partial charge is 0.0320 e. The van der Waals surface area contributed by atoms with E-state index in [1.165, 1.54) is 25.1 Å². The quantitative estimate of drug-likeness (QED) is 0.859. The van der Waals surface area contributed by atoms with E-state index in [0.717, 1.165) is 12.5 Å². The lowest BCUT2D eigenvalue weighted by Gasteiger charge is -2.26. The molecule has 0 aromatic heterocycles. The van der Waals surface area contributed by atoms with Crippen LogP contribution in [0.5, 0.6) is 0 Å². The Morgan fingerprint density at radius 1 is 1.28 bits per heavy atom. The summed E-state index contributed by atoms with van der Waals surface area (Å²) >= 11 is 0. The lowest BCUT2D eigenvalue weighted by Crippen LogP contribution is -2.35. The molecular weight excluding hydrogens is 220 g/mol. The van der Waals surface area contributed by atoms with Gasteiger partial charge in [0.25, 0.3) is 0 Å². The SMILES string of the molecule is CCNC(C)C1CCN([C@@H](C)c2ccccc2)C1. The first kappa shape index (κ1) is 13.6. The first-order valence-corrected chi connectivity index (χ1v) is 7.24.